The van der Waals surface area contributed by atoms with Crippen molar-refractivity contribution in [3.8, 4) is 0 Å². The summed E-state index contributed by atoms with van der Waals surface area (Å²) in [6.45, 7) is 12.4. The van der Waals surface area contributed by atoms with Crippen LogP contribution in [-0.2, 0) is 42.7 Å². The minimum absolute atomic E-state index is 0.00261. The lowest BCUT2D eigenvalue weighted by atomic mass is 9.40. The molecule has 0 aromatic rings. The molecule has 0 amide bonds. The number of ether oxygens (including phenoxy) is 7. The standard InChI is InChI=1S/C40H66O14/c1-10-19(2)35(45)53-32-33-37(6)14-12-24(17-23(37)11-15-39(33,46)40(47)16-13-25(20(3)41)38(40,7)34(32)44)52-27-18-26(48-8)30(22(5)50-27)54-36-29(43)31(49-9)28(42)21(4)51-36/h19,21-34,36,42-44,46-47H,10-18H2,1-9H3. The van der Waals surface area contributed by atoms with Crippen LogP contribution < -0.4 is 0 Å². The number of carbonyl (C=O) groups excluding carboxylic acids is 2. The maximum atomic E-state index is 13.4. The number of fused-ring (bicyclic) bond motifs is 5. The molecule has 0 aromatic heterocycles. The fourth-order valence-electron chi connectivity index (χ4n) is 11.9. The normalized spacial score (nSPS) is 52.4. The molecule has 310 valence electrons. The van der Waals surface area contributed by atoms with Gasteiger partial charge in [0.25, 0.3) is 0 Å². The second kappa shape index (κ2) is 15.5. The van der Waals surface area contributed by atoms with Gasteiger partial charge in [-0.2, -0.15) is 0 Å². The van der Waals surface area contributed by atoms with E-state index in [9.17, 15) is 35.1 Å². The Morgan fingerprint density at radius 1 is 0.852 bits per heavy atom. The van der Waals surface area contributed by atoms with E-state index in [1.54, 1.807) is 27.9 Å². The molecule has 2 aliphatic heterocycles. The molecule has 14 nitrogen and oxygen atoms in total. The van der Waals surface area contributed by atoms with E-state index in [4.69, 9.17) is 33.2 Å². The topological polar surface area (TPSA) is 200 Å². The maximum Gasteiger partial charge on any atom is 0.309 e. The second-order valence-electron chi connectivity index (χ2n) is 17.9. The summed E-state index contributed by atoms with van der Waals surface area (Å²) in [5.74, 6) is -2.53. The number of rotatable bonds is 10. The molecule has 20 unspecified atom stereocenters. The van der Waals surface area contributed by atoms with Crippen molar-refractivity contribution < 1.29 is 68.3 Å². The van der Waals surface area contributed by atoms with E-state index in [0.29, 0.717) is 44.9 Å². The van der Waals surface area contributed by atoms with Crippen molar-refractivity contribution in [2.24, 2.45) is 34.5 Å². The van der Waals surface area contributed by atoms with Crippen molar-refractivity contribution in [1.82, 2.24) is 0 Å². The predicted octanol–water partition coefficient (Wildman–Crippen LogP) is 2.40. The van der Waals surface area contributed by atoms with E-state index in [2.05, 4.69) is 6.92 Å². The van der Waals surface area contributed by atoms with E-state index in [0.717, 1.165) is 0 Å². The maximum absolute atomic E-state index is 13.4. The van der Waals surface area contributed by atoms with Gasteiger partial charge in [0.05, 0.1) is 30.3 Å². The molecule has 6 rings (SSSR count). The molecule has 0 spiro atoms. The number of hydrogen-bond donors (Lipinski definition) is 5. The van der Waals surface area contributed by atoms with Crippen LogP contribution >= 0.6 is 0 Å². The third-order valence-electron chi connectivity index (χ3n) is 15.3. The van der Waals surface area contributed by atoms with Crippen LogP contribution in [0.4, 0.5) is 0 Å². The second-order valence-corrected chi connectivity index (χ2v) is 17.9. The molecule has 4 saturated carbocycles. The molecule has 2 heterocycles. The number of Topliss-reactive ketones (excluding diaryl/α,β-unsaturated/α-hetero) is 1. The van der Waals surface area contributed by atoms with Gasteiger partial charge in [0, 0.05) is 37.9 Å². The van der Waals surface area contributed by atoms with Crippen LogP contribution in [0.15, 0.2) is 0 Å². The lowest BCUT2D eigenvalue weighted by molar-refractivity contribution is -0.353. The van der Waals surface area contributed by atoms with Gasteiger partial charge in [-0.15, -0.1) is 0 Å². The lowest BCUT2D eigenvalue weighted by Gasteiger charge is -2.69. The summed E-state index contributed by atoms with van der Waals surface area (Å²) in [5.41, 5.74) is -5.52. The summed E-state index contributed by atoms with van der Waals surface area (Å²) in [4.78, 5) is 26.4. The van der Waals surface area contributed by atoms with Gasteiger partial charge in [0.1, 0.15) is 53.6 Å². The average Bonchev–Trinajstić information content (AvgIpc) is 3.42. The van der Waals surface area contributed by atoms with Crippen LogP contribution in [0.5, 0.6) is 0 Å². The molecule has 6 fully saturated rings. The molecule has 54 heavy (non-hydrogen) atoms. The number of esters is 1. The minimum Gasteiger partial charge on any atom is -0.459 e. The van der Waals surface area contributed by atoms with E-state index >= 15 is 0 Å². The number of ketones is 1. The Morgan fingerprint density at radius 3 is 2.19 bits per heavy atom. The van der Waals surface area contributed by atoms with Gasteiger partial charge in [-0.1, -0.05) is 27.7 Å². The molecule has 20 atom stereocenters. The Bertz CT molecular complexity index is 1370. The first-order valence-electron chi connectivity index (χ1n) is 20.2. The molecule has 5 N–H and O–H groups in total. The van der Waals surface area contributed by atoms with Gasteiger partial charge < -0.3 is 58.7 Å². The third kappa shape index (κ3) is 6.51. The molecular weight excluding hydrogens is 704 g/mol. The van der Waals surface area contributed by atoms with Crippen LogP contribution in [-0.4, -0.2) is 136 Å². The lowest BCUT2D eigenvalue weighted by Crippen LogP contribution is -2.81. The highest BCUT2D eigenvalue weighted by Gasteiger charge is 2.80. The van der Waals surface area contributed by atoms with Crippen molar-refractivity contribution in [1.29, 1.82) is 0 Å². The summed E-state index contributed by atoms with van der Waals surface area (Å²) in [6.07, 6.45) is -5.72. The van der Waals surface area contributed by atoms with Crippen molar-refractivity contribution in [2.75, 3.05) is 14.2 Å². The summed E-state index contributed by atoms with van der Waals surface area (Å²) in [6, 6.07) is 0. The Morgan fingerprint density at radius 2 is 1.56 bits per heavy atom. The number of methoxy groups -OCH3 is 2. The SMILES string of the molecule is CCC(C)C(=O)OC1C2C3(C)CCC(OC4CC(OC)C(OC5OC(C)C(O)C(OC)C5O)C(C)O4)CC3CCC2(O)C2(O)CCC(C(C)=O)C2(C)C1O. The van der Waals surface area contributed by atoms with Gasteiger partial charge >= 0.3 is 5.97 Å². The molecule has 2 saturated heterocycles. The fraction of sp³-hybridized carbons (Fsp3) is 0.950. The monoisotopic (exact) mass is 770 g/mol. The molecule has 4 aliphatic carbocycles. The highest BCUT2D eigenvalue weighted by molar-refractivity contribution is 5.80. The van der Waals surface area contributed by atoms with E-state index in [-0.39, 0.29) is 30.6 Å². The number of carbonyl (C=O) groups is 2. The summed E-state index contributed by atoms with van der Waals surface area (Å²) in [5, 5.41) is 59.1. The highest BCUT2D eigenvalue weighted by atomic mass is 16.7. The Labute approximate surface area is 319 Å². The highest BCUT2D eigenvalue weighted by Crippen LogP contribution is 2.71. The first kappa shape index (κ1) is 42.3. The van der Waals surface area contributed by atoms with Crippen LogP contribution in [0.2, 0.25) is 0 Å². The van der Waals surface area contributed by atoms with Gasteiger partial charge in [-0.3, -0.25) is 9.59 Å². The van der Waals surface area contributed by atoms with Crippen molar-refractivity contribution in [2.45, 2.75) is 191 Å². The van der Waals surface area contributed by atoms with Gasteiger partial charge in [-0.05, 0) is 83.5 Å². The number of aliphatic hydroxyl groups is 5. The Hall–Kier alpha value is -1.30. The first-order chi connectivity index (χ1) is 25.3. The first-order valence-corrected chi connectivity index (χ1v) is 20.2. The molecule has 0 radical (unpaired) electrons. The van der Waals surface area contributed by atoms with Gasteiger partial charge in [0.15, 0.2) is 12.6 Å². The molecule has 6 aliphatic rings. The van der Waals surface area contributed by atoms with E-state index in [1.807, 2.05) is 13.8 Å². The summed E-state index contributed by atoms with van der Waals surface area (Å²) in [7, 11) is 3.00. The average molecular weight is 771 g/mol. The van der Waals surface area contributed by atoms with E-state index in [1.165, 1.54) is 14.0 Å². The van der Waals surface area contributed by atoms with Crippen LogP contribution in [0.3, 0.4) is 0 Å². The zero-order valence-electron chi connectivity index (χ0n) is 33.5. The quantitative estimate of drug-likeness (QED) is 0.160. The van der Waals surface area contributed by atoms with Crippen molar-refractivity contribution in [3.63, 3.8) is 0 Å². The van der Waals surface area contributed by atoms with Crippen molar-refractivity contribution in [3.05, 3.63) is 0 Å². The van der Waals surface area contributed by atoms with E-state index < -0.39 is 113 Å². The van der Waals surface area contributed by atoms with Crippen molar-refractivity contribution >= 4 is 11.8 Å². The fourth-order valence-corrected chi connectivity index (χ4v) is 11.9. The van der Waals surface area contributed by atoms with Crippen LogP contribution in [0, 0.1) is 34.5 Å². The number of aliphatic hydroxyl groups excluding tert-OH is 3. The molecule has 0 aromatic carbocycles. The third-order valence-corrected chi connectivity index (χ3v) is 15.3. The molecule has 0 bridgehead atoms. The zero-order valence-corrected chi connectivity index (χ0v) is 33.5. The summed E-state index contributed by atoms with van der Waals surface area (Å²) >= 11 is 0. The zero-order chi connectivity index (χ0) is 39.7. The predicted molar refractivity (Wildman–Crippen MR) is 192 cm³/mol. The molecule has 14 heteroatoms. The smallest absolute Gasteiger partial charge is 0.309 e. The van der Waals surface area contributed by atoms with Gasteiger partial charge in [-0.25, -0.2) is 0 Å². The van der Waals surface area contributed by atoms with Crippen LogP contribution in [0.25, 0.3) is 0 Å². The largest absolute Gasteiger partial charge is 0.459 e. The Balaban J connectivity index is 1.19. The Kier molecular flexibility index (Phi) is 12.1. The molecular formula is C40H66O14. The minimum atomic E-state index is -1.76. The van der Waals surface area contributed by atoms with Crippen LogP contribution in [0.1, 0.15) is 106 Å². The van der Waals surface area contributed by atoms with Gasteiger partial charge in [0.2, 0.25) is 0 Å². The summed E-state index contributed by atoms with van der Waals surface area (Å²) < 4.78 is 42.5. The number of hydrogen-bond acceptors (Lipinski definition) is 14.